The average molecular weight is 225 g/mol. The van der Waals surface area contributed by atoms with Crippen LogP contribution >= 0.6 is 11.3 Å². The molecule has 80 valence electrons. The number of methoxy groups -OCH3 is 1. The van der Waals surface area contributed by atoms with E-state index in [1.807, 2.05) is 17.5 Å². The third-order valence-electron chi connectivity index (χ3n) is 2.33. The number of fused-ring (bicyclic) bond motifs is 1. The molecule has 0 fully saturated rings. The number of nitrogens with two attached hydrogens (primary N) is 1. The maximum absolute atomic E-state index is 13.9. The molecule has 1 aromatic heterocycles. The van der Waals surface area contributed by atoms with Crippen molar-refractivity contribution in [1.29, 1.82) is 0 Å². The summed E-state index contributed by atoms with van der Waals surface area (Å²) in [5, 5.41) is 2.79. The van der Waals surface area contributed by atoms with Crippen molar-refractivity contribution in [3.05, 3.63) is 28.9 Å². The second-order valence-electron chi connectivity index (χ2n) is 3.26. The average Bonchev–Trinajstić information content (AvgIpc) is 2.67. The molecule has 15 heavy (non-hydrogen) atoms. The van der Waals surface area contributed by atoms with Gasteiger partial charge in [-0.05, 0) is 41.4 Å². The molecule has 0 spiro atoms. The Kier molecular flexibility index (Phi) is 2.88. The highest BCUT2D eigenvalue weighted by Crippen LogP contribution is 2.33. The third kappa shape index (κ3) is 1.70. The fourth-order valence-corrected chi connectivity index (χ4v) is 2.48. The lowest BCUT2D eigenvalue weighted by Crippen LogP contribution is -2.05. The monoisotopic (exact) mass is 225 g/mol. The number of hydrogen-bond acceptors (Lipinski definition) is 3. The van der Waals surface area contributed by atoms with Crippen molar-refractivity contribution in [2.24, 2.45) is 5.73 Å². The lowest BCUT2D eigenvalue weighted by Gasteiger charge is -2.09. The normalized spacial score (nSPS) is 10.9. The highest BCUT2D eigenvalue weighted by atomic mass is 32.1. The van der Waals surface area contributed by atoms with Gasteiger partial charge in [-0.15, -0.1) is 11.3 Å². The van der Waals surface area contributed by atoms with E-state index < -0.39 is 0 Å². The molecule has 2 nitrogen and oxygen atoms in total. The van der Waals surface area contributed by atoms with Gasteiger partial charge in [-0.25, -0.2) is 4.39 Å². The summed E-state index contributed by atoms with van der Waals surface area (Å²) in [5.74, 6) is 0.0591. The Morgan fingerprint density at radius 1 is 1.53 bits per heavy atom. The molecule has 2 rings (SSSR count). The molecule has 1 heterocycles. The molecule has 0 unspecified atom stereocenters. The van der Waals surface area contributed by atoms with E-state index in [0.717, 1.165) is 10.9 Å². The lowest BCUT2D eigenvalue weighted by molar-refractivity contribution is 0.384. The quantitative estimate of drug-likeness (QED) is 0.871. The fourth-order valence-electron chi connectivity index (χ4n) is 1.67. The minimum Gasteiger partial charge on any atom is -0.493 e. The van der Waals surface area contributed by atoms with Crippen molar-refractivity contribution in [2.75, 3.05) is 13.7 Å². The molecule has 0 aliphatic rings. The first-order valence-corrected chi connectivity index (χ1v) is 5.58. The molecule has 1 aromatic carbocycles. The van der Waals surface area contributed by atoms with Crippen molar-refractivity contribution >= 4 is 21.4 Å². The van der Waals surface area contributed by atoms with Crippen LogP contribution < -0.4 is 10.5 Å². The first-order valence-electron chi connectivity index (χ1n) is 4.70. The van der Waals surface area contributed by atoms with E-state index in [-0.39, 0.29) is 5.82 Å². The number of benzene rings is 1. The predicted molar refractivity (Wildman–Crippen MR) is 61.1 cm³/mol. The van der Waals surface area contributed by atoms with Crippen molar-refractivity contribution in [3.8, 4) is 5.75 Å². The van der Waals surface area contributed by atoms with Gasteiger partial charge in [0, 0.05) is 0 Å². The van der Waals surface area contributed by atoms with Crippen LogP contribution in [0.25, 0.3) is 10.1 Å². The SMILES string of the molecule is COc1c(CCN)cc2ccsc2c1F. The Labute approximate surface area is 91.5 Å². The minimum atomic E-state index is -0.270. The van der Waals surface area contributed by atoms with E-state index in [1.165, 1.54) is 18.4 Å². The summed E-state index contributed by atoms with van der Waals surface area (Å²) in [4.78, 5) is 0. The molecule has 0 aliphatic heterocycles. The molecule has 0 amide bonds. The standard InChI is InChI=1S/C11H12FNOS/c1-14-10-7(2-4-13)6-8-3-5-15-11(8)9(10)12/h3,5-6H,2,4,13H2,1H3. The van der Waals surface area contributed by atoms with Crippen LogP contribution in [0, 0.1) is 5.82 Å². The maximum Gasteiger partial charge on any atom is 0.183 e. The van der Waals surface area contributed by atoms with E-state index in [1.54, 1.807) is 0 Å². The second kappa shape index (κ2) is 4.16. The van der Waals surface area contributed by atoms with Gasteiger partial charge < -0.3 is 10.5 Å². The van der Waals surface area contributed by atoms with Gasteiger partial charge in [0.1, 0.15) is 0 Å². The minimum absolute atomic E-state index is 0.270. The second-order valence-corrected chi connectivity index (χ2v) is 4.18. The van der Waals surface area contributed by atoms with Crippen molar-refractivity contribution < 1.29 is 9.13 Å². The van der Waals surface area contributed by atoms with Gasteiger partial charge in [-0.1, -0.05) is 0 Å². The van der Waals surface area contributed by atoms with Crippen LogP contribution in [0.3, 0.4) is 0 Å². The summed E-state index contributed by atoms with van der Waals surface area (Å²) < 4.78 is 19.7. The molecule has 2 aromatic rings. The number of ether oxygens (including phenoxy) is 1. The Morgan fingerprint density at radius 3 is 3.00 bits per heavy atom. The molecule has 4 heteroatoms. The van der Waals surface area contributed by atoms with Gasteiger partial charge in [0.05, 0.1) is 11.8 Å². The van der Waals surface area contributed by atoms with Gasteiger partial charge in [-0.2, -0.15) is 0 Å². The largest absolute Gasteiger partial charge is 0.493 e. The molecule has 2 N–H and O–H groups in total. The predicted octanol–water partition coefficient (Wildman–Crippen LogP) is 2.55. The maximum atomic E-state index is 13.9. The van der Waals surface area contributed by atoms with Crippen LogP contribution in [-0.4, -0.2) is 13.7 Å². The smallest absolute Gasteiger partial charge is 0.183 e. The Hall–Kier alpha value is -1.13. The molecular weight excluding hydrogens is 213 g/mol. The lowest BCUT2D eigenvalue weighted by atomic mass is 10.1. The van der Waals surface area contributed by atoms with Gasteiger partial charge >= 0.3 is 0 Å². The van der Waals surface area contributed by atoms with E-state index in [4.69, 9.17) is 10.5 Å². The zero-order valence-electron chi connectivity index (χ0n) is 8.42. The first-order chi connectivity index (χ1) is 7.27. The number of thiophene rings is 1. The van der Waals surface area contributed by atoms with E-state index in [9.17, 15) is 4.39 Å². The zero-order chi connectivity index (χ0) is 10.8. The number of rotatable bonds is 3. The van der Waals surface area contributed by atoms with Crippen molar-refractivity contribution in [1.82, 2.24) is 0 Å². The summed E-state index contributed by atoms with van der Waals surface area (Å²) in [7, 11) is 1.48. The number of hydrogen-bond donors (Lipinski definition) is 1. The highest BCUT2D eigenvalue weighted by Gasteiger charge is 2.14. The van der Waals surface area contributed by atoms with Crippen LogP contribution in [0.2, 0.25) is 0 Å². The molecule has 0 atom stereocenters. The summed E-state index contributed by atoms with van der Waals surface area (Å²) in [5.41, 5.74) is 6.31. The van der Waals surface area contributed by atoms with Gasteiger partial charge in [0.15, 0.2) is 11.6 Å². The molecule has 0 radical (unpaired) electrons. The summed E-state index contributed by atoms with van der Waals surface area (Å²) >= 11 is 1.38. The van der Waals surface area contributed by atoms with E-state index in [0.29, 0.717) is 23.4 Å². The molecular formula is C11H12FNOS. The molecule has 0 aliphatic carbocycles. The van der Waals surface area contributed by atoms with Crippen molar-refractivity contribution in [3.63, 3.8) is 0 Å². The molecule has 0 bridgehead atoms. The topological polar surface area (TPSA) is 35.2 Å². The van der Waals surface area contributed by atoms with Crippen LogP contribution in [0.1, 0.15) is 5.56 Å². The Balaban J connectivity index is 2.67. The van der Waals surface area contributed by atoms with Crippen LogP contribution in [0.4, 0.5) is 4.39 Å². The Bertz CT molecular complexity index is 481. The highest BCUT2D eigenvalue weighted by molar-refractivity contribution is 7.17. The first kappa shape index (κ1) is 10.4. The molecule has 0 saturated carbocycles. The summed E-state index contributed by atoms with van der Waals surface area (Å²) in [6, 6.07) is 3.85. The van der Waals surface area contributed by atoms with E-state index in [2.05, 4.69) is 0 Å². The Morgan fingerprint density at radius 2 is 2.33 bits per heavy atom. The van der Waals surface area contributed by atoms with Gasteiger partial charge in [0.25, 0.3) is 0 Å². The van der Waals surface area contributed by atoms with Crippen molar-refractivity contribution in [2.45, 2.75) is 6.42 Å². The van der Waals surface area contributed by atoms with Crippen LogP contribution in [-0.2, 0) is 6.42 Å². The third-order valence-corrected chi connectivity index (χ3v) is 3.26. The zero-order valence-corrected chi connectivity index (χ0v) is 9.23. The van der Waals surface area contributed by atoms with Crippen LogP contribution in [0.15, 0.2) is 17.5 Å². The number of halogens is 1. The van der Waals surface area contributed by atoms with Crippen LogP contribution in [0.5, 0.6) is 5.75 Å². The fraction of sp³-hybridized carbons (Fsp3) is 0.273. The molecule has 0 saturated heterocycles. The van der Waals surface area contributed by atoms with Gasteiger partial charge in [0.2, 0.25) is 0 Å². The van der Waals surface area contributed by atoms with Gasteiger partial charge in [-0.3, -0.25) is 0 Å². The summed E-state index contributed by atoms with van der Waals surface area (Å²) in [6.07, 6.45) is 0.631. The van der Waals surface area contributed by atoms with E-state index >= 15 is 0 Å². The summed E-state index contributed by atoms with van der Waals surface area (Å²) in [6.45, 7) is 0.492.